The molecule has 0 amide bonds. The number of rotatable bonds is 0. The van der Waals surface area contributed by atoms with Crippen LogP contribution >= 0.6 is 0 Å². The molecule has 2 atom stereocenters. The van der Waals surface area contributed by atoms with E-state index in [1.165, 1.54) is 6.42 Å². The fourth-order valence-corrected chi connectivity index (χ4v) is 2.25. The molecule has 2 heteroatoms. The molecule has 1 aliphatic heterocycles. The van der Waals surface area contributed by atoms with Crippen molar-refractivity contribution in [2.75, 3.05) is 13.6 Å². The van der Waals surface area contributed by atoms with E-state index in [1.807, 2.05) is 0 Å². The summed E-state index contributed by atoms with van der Waals surface area (Å²) in [6.45, 7) is 1.15. The molecule has 0 radical (unpaired) electrons. The lowest BCUT2D eigenvalue weighted by Crippen LogP contribution is -2.26. The van der Waals surface area contributed by atoms with Gasteiger partial charge in [-0.2, -0.15) is 0 Å². The SMILES string of the molecule is CN1C[C@H]2CC(=O)C[C@@H]1C2. The molecule has 0 aromatic carbocycles. The number of carbonyl (C=O) groups is 1. The molecule has 2 aliphatic rings. The molecule has 0 spiro atoms. The van der Waals surface area contributed by atoms with Gasteiger partial charge in [-0.3, -0.25) is 4.79 Å². The molecule has 1 aliphatic carbocycles. The number of likely N-dealkylation sites (tertiary alicyclic amines) is 1. The first-order chi connectivity index (χ1) is 4.75. The summed E-state index contributed by atoms with van der Waals surface area (Å²) in [7, 11) is 2.13. The number of Topliss-reactive ketones (excluding diaryl/α,β-unsaturated/α-hetero) is 1. The Kier molecular flexibility index (Phi) is 1.31. The fourth-order valence-electron chi connectivity index (χ4n) is 2.25. The van der Waals surface area contributed by atoms with Crippen molar-refractivity contribution in [1.29, 1.82) is 0 Å². The van der Waals surface area contributed by atoms with Gasteiger partial charge >= 0.3 is 0 Å². The number of hydrogen-bond donors (Lipinski definition) is 0. The van der Waals surface area contributed by atoms with E-state index in [4.69, 9.17) is 0 Å². The van der Waals surface area contributed by atoms with Crippen LogP contribution < -0.4 is 0 Å². The van der Waals surface area contributed by atoms with E-state index >= 15 is 0 Å². The molecule has 0 unspecified atom stereocenters. The highest BCUT2D eigenvalue weighted by Gasteiger charge is 2.36. The number of nitrogens with zero attached hydrogens (tertiary/aromatic N) is 1. The summed E-state index contributed by atoms with van der Waals surface area (Å²) in [5, 5.41) is 0. The Morgan fingerprint density at radius 1 is 1.50 bits per heavy atom. The van der Waals surface area contributed by atoms with Gasteiger partial charge in [-0.15, -0.1) is 0 Å². The van der Waals surface area contributed by atoms with Gasteiger partial charge in [0.25, 0.3) is 0 Å². The molecular weight excluding hydrogens is 126 g/mol. The zero-order valence-corrected chi connectivity index (χ0v) is 6.34. The topological polar surface area (TPSA) is 20.3 Å². The summed E-state index contributed by atoms with van der Waals surface area (Å²) < 4.78 is 0. The summed E-state index contributed by atoms with van der Waals surface area (Å²) in [6.07, 6.45) is 2.93. The molecule has 0 aromatic heterocycles. The van der Waals surface area contributed by atoms with Crippen molar-refractivity contribution in [3.05, 3.63) is 0 Å². The van der Waals surface area contributed by atoms with Crippen LogP contribution in [0.15, 0.2) is 0 Å². The number of hydrogen-bond acceptors (Lipinski definition) is 2. The van der Waals surface area contributed by atoms with Gasteiger partial charge in [0.05, 0.1) is 0 Å². The van der Waals surface area contributed by atoms with Crippen molar-refractivity contribution in [1.82, 2.24) is 4.90 Å². The van der Waals surface area contributed by atoms with Crippen LogP contribution in [0.1, 0.15) is 19.3 Å². The second-order valence-electron chi connectivity index (χ2n) is 3.64. The number of fused-ring (bicyclic) bond motifs is 2. The Labute approximate surface area is 61.2 Å². The second-order valence-corrected chi connectivity index (χ2v) is 3.64. The third kappa shape index (κ3) is 0.870. The maximum absolute atomic E-state index is 11.0. The van der Waals surface area contributed by atoms with Crippen molar-refractivity contribution < 1.29 is 4.79 Å². The molecule has 56 valence electrons. The van der Waals surface area contributed by atoms with Crippen LogP contribution in [-0.2, 0) is 4.79 Å². The van der Waals surface area contributed by atoms with Crippen molar-refractivity contribution in [3.63, 3.8) is 0 Å². The summed E-state index contributed by atoms with van der Waals surface area (Å²) in [6, 6.07) is 0.589. The summed E-state index contributed by atoms with van der Waals surface area (Å²) in [5.74, 6) is 1.17. The van der Waals surface area contributed by atoms with Crippen molar-refractivity contribution in [3.8, 4) is 0 Å². The highest BCUT2D eigenvalue weighted by molar-refractivity contribution is 5.80. The maximum atomic E-state index is 11.0. The van der Waals surface area contributed by atoms with Gasteiger partial charge in [0.1, 0.15) is 5.78 Å². The lowest BCUT2D eigenvalue weighted by atomic mass is 9.89. The van der Waals surface area contributed by atoms with Crippen molar-refractivity contribution in [2.45, 2.75) is 25.3 Å². The highest BCUT2D eigenvalue weighted by Crippen LogP contribution is 2.32. The van der Waals surface area contributed by atoms with Gasteiger partial charge < -0.3 is 4.90 Å². The largest absolute Gasteiger partial charge is 0.303 e. The Balaban J connectivity index is 2.13. The monoisotopic (exact) mass is 139 g/mol. The molecule has 0 N–H and O–H groups in total. The number of ketones is 1. The minimum atomic E-state index is 0.477. The smallest absolute Gasteiger partial charge is 0.134 e. The minimum absolute atomic E-state index is 0.477. The summed E-state index contributed by atoms with van der Waals surface area (Å²) in [4.78, 5) is 13.4. The molecule has 10 heavy (non-hydrogen) atoms. The average Bonchev–Trinajstić information content (AvgIpc) is 2.07. The molecule has 2 fully saturated rings. The van der Waals surface area contributed by atoms with E-state index in [0.717, 1.165) is 19.4 Å². The van der Waals surface area contributed by atoms with E-state index < -0.39 is 0 Å². The van der Waals surface area contributed by atoms with E-state index in [1.54, 1.807) is 0 Å². The van der Waals surface area contributed by atoms with Crippen LogP contribution in [0.25, 0.3) is 0 Å². The zero-order valence-electron chi connectivity index (χ0n) is 6.34. The van der Waals surface area contributed by atoms with Gasteiger partial charge in [0.15, 0.2) is 0 Å². The quantitative estimate of drug-likeness (QED) is 0.491. The van der Waals surface area contributed by atoms with Crippen LogP contribution in [0.5, 0.6) is 0 Å². The first-order valence-electron chi connectivity index (χ1n) is 3.97. The third-order valence-electron chi connectivity index (χ3n) is 2.75. The average molecular weight is 139 g/mol. The molecule has 2 nitrogen and oxygen atoms in total. The summed E-state index contributed by atoms with van der Waals surface area (Å²) >= 11 is 0. The molecule has 2 rings (SSSR count). The van der Waals surface area contributed by atoms with Crippen LogP contribution in [0, 0.1) is 5.92 Å². The molecule has 0 aromatic rings. The number of carbonyl (C=O) groups excluding carboxylic acids is 1. The first-order valence-corrected chi connectivity index (χ1v) is 3.97. The van der Waals surface area contributed by atoms with E-state index in [2.05, 4.69) is 11.9 Å². The Morgan fingerprint density at radius 2 is 2.30 bits per heavy atom. The van der Waals surface area contributed by atoms with E-state index in [-0.39, 0.29) is 0 Å². The maximum Gasteiger partial charge on any atom is 0.134 e. The van der Waals surface area contributed by atoms with Gasteiger partial charge in [-0.25, -0.2) is 0 Å². The lowest BCUT2D eigenvalue weighted by Gasteiger charge is -2.19. The van der Waals surface area contributed by atoms with Crippen molar-refractivity contribution >= 4 is 5.78 Å². The molecule has 1 saturated carbocycles. The predicted molar refractivity (Wildman–Crippen MR) is 38.8 cm³/mol. The Bertz CT molecular complexity index is 165. The van der Waals surface area contributed by atoms with E-state index in [9.17, 15) is 4.79 Å². The highest BCUT2D eigenvalue weighted by atomic mass is 16.1. The lowest BCUT2D eigenvalue weighted by molar-refractivity contribution is -0.121. The van der Waals surface area contributed by atoms with Crippen LogP contribution in [0.2, 0.25) is 0 Å². The molecule has 1 saturated heterocycles. The van der Waals surface area contributed by atoms with Gasteiger partial charge in [-0.05, 0) is 19.4 Å². The minimum Gasteiger partial charge on any atom is -0.303 e. The predicted octanol–water partition coefficient (Wildman–Crippen LogP) is 0.670. The standard InChI is InChI=1S/C8H13NO/c1-9-5-6-2-7(9)4-8(10)3-6/h6-7H,2-5H2,1H3/t6-,7+/m1/s1. The van der Waals surface area contributed by atoms with Gasteiger partial charge in [0.2, 0.25) is 0 Å². The Morgan fingerprint density at radius 3 is 3.00 bits per heavy atom. The van der Waals surface area contributed by atoms with Crippen molar-refractivity contribution in [2.24, 2.45) is 5.92 Å². The molecule has 1 heterocycles. The normalized spacial score (nSPS) is 40.7. The second kappa shape index (κ2) is 2.06. The van der Waals surface area contributed by atoms with Gasteiger partial charge in [-0.1, -0.05) is 0 Å². The zero-order chi connectivity index (χ0) is 7.14. The molecular formula is C8H13NO. The van der Waals surface area contributed by atoms with Crippen LogP contribution in [-0.4, -0.2) is 30.3 Å². The first kappa shape index (κ1) is 6.35. The summed E-state index contributed by atoms with van der Waals surface area (Å²) in [5.41, 5.74) is 0. The van der Waals surface area contributed by atoms with Crippen LogP contribution in [0.4, 0.5) is 0 Å². The molecule has 2 bridgehead atoms. The third-order valence-corrected chi connectivity index (χ3v) is 2.75. The Hall–Kier alpha value is -0.370. The van der Waals surface area contributed by atoms with Gasteiger partial charge in [0, 0.05) is 25.4 Å². The van der Waals surface area contributed by atoms with Crippen LogP contribution in [0.3, 0.4) is 0 Å². The van der Waals surface area contributed by atoms with E-state index in [0.29, 0.717) is 17.7 Å². The fraction of sp³-hybridized carbons (Fsp3) is 0.875.